The summed E-state index contributed by atoms with van der Waals surface area (Å²) in [7, 11) is 3.30. The van der Waals surface area contributed by atoms with Gasteiger partial charge in [0.25, 0.3) is 0 Å². The van der Waals surface area contributed by atoms with Gasteiger partial charge in [-0.25, -0.2) is 0 Å². The lowest BCUT2D eigenvalue weighted by Gasteiger charge is -2.33. The maximum absolute atomic E-state index is 9.88. The van der Waals surface area contributed by atoms with Crippen LogP contribution in [0.3, 0.4) is 0 Å². The summed E-state index contributed by atoms with van der Waals surface area (Å²) in [5, 5.41) is 9.88. The first-order valence-corrected chi connectivity index (χ1v) is 9.08. The molecular weight excluding hydrogens is 304 g/mol. The van der Waals surface area contributed by atoms with Crippen LogP contribution in [0.5, 0.6) is 0 Å². The Kier molecular flexibility index (Phi) is 11.7. The average Bonchev–Trinajstić information content (AvgIpc) is 2.58. The van der Waals surface area contributed by atoms with E-state index in [1.54, 1.807) is 14.2 Å². The number of hydrogen-bond donors (Lipinski definition) is 1. The number of methoxy groups -OCH3 is 2. The van der Waals surface area contributed by atoms with Crippen molar-refractivity contribution in [2.45, 2.75) is 76.5 Å². The van der Waals surface area contributed by atoms with Gasteiger partial charge in [0.2, 0.25) is 0 Å². The molecule has 1 aliphatic heterocycles. The lowest BCUT2D eigenvalue weighted by atomic mass is 10.00. The molecule has 0 amide bonds. The van der Waals surface area contributed by atoms with Crippen molar-refractivity contribution in [3.63, 3.8) is 0 Å². The normalized spacial score (nSPS) is 26.8. The molecule has 0 spiro atoms. The molecule has 4 nitrogen and oxygen atoms in total. The number of hydrogen-bond acceptors (Lipinski definition) is 4. The van der Waals surface area contributed by atoms with Crippen molar-refractivity contribution in [3.8, 4) is 0 Å². The minimum Gasteiger partial charge on any atom is -0.393 e. The Labute approximate surface area is 147 Å². The molecule has 0 aromatic heterocycles. The van der Waals surface area contributed by atoms with Gasteiger partial charge in [-0.15, -0.1) is 0 Å². The molecule has 0 aromatic rings. The van der Waals surface area contributed by atoms with E-state index in [9.17, 15) is 5.11 Å². The van der Waals surface area contributed by atoms with Gasteiger partial charge in [0.05, 0.1) is 18.3 Å². The smallest absolute Gasteiger partial charge is 0.160 e. The first-order valence-electron chi connectivity index (χ1n) is 9.08. The molecule has 0 aliphatic carbocycles. The molecule has 0 bridgehead atoms. The third kappa shape index (κ3) is 9.38. The monoisotopic (exact) mass is 338 g/mol. The number of ether oxygens (including phenoxy) is 3. The SMILES string of the molecule is CCCCCC=CC=CC=CC(C[C@@H]1C[C@@H](O)C[C@H](OC)O1)OC. The zero-order valence-corrected chi connectivity index (χ0v) is 15.4. The van der Waals surface area contributed by atoms with Gasteiger partial charge < -0.3 is 19.3 Å². The zero-order valence-electron chi connectivity index (χ0n) is 15.4. The van der Waals surface area contributed by atoms with Gasteiger partial charge in [-0.2, -0.15) is 0 Å². The fraction of sp³-hybridized carbons (Fsp3) is 0.700. The van der Waals surface area contributed by atoms with Crippen LogP contribution in [0, 0.1) is 0 Å². The highest BCUT2D eigenvalue weighted by molar-refractivity contribution is 5.12. The van der Waals surface area contributed by atoms with Crippen molar-refractivity contribution in [2.75, 3.05) is 14.2 Å². The van der Waals surface area contributed by atoms with Crippen LogP contribution < -0.4 is 0 Å². The number of allylic oxidation sites excluding steroid dienone is 5. The van der Waals surface area contributed by atoms with Gasteiger partial charge in [0, 0.05) is 27.1 Å². The molecule has 4 atom stereocenters. The number of unbranched alkanes of at least 4 members (excludes halogenated alkanes) is 3. The first-order chi connectivity index (χ1) is 11.7. The molecule has 0 saturated carbocycles. The number of aliphatic hydroxyl groups excluding tert-OH is 1. The lowest BCUT2D eigenvalue weighted by molar-refractivity contribution is -0.208. The molecule has 1 unspecified atom stereocenters. The van der Waals surface area contributed by atoms with Crippen LogP contribution in [0.15, 0.2) is 36.5 Å². The van der Waals surface area contributed by atoms with Gasteiger partial charge in [-0.3, -0.25) is 0 Å². The minimum absolute atomic E-state index is 0.0315. The predicted octanol–water partition coefficient (Wildman–Crippen LogP) is 4.15. The first kappa shape index (κ1) is 21.1. The molecule has 0 aromatic carbocycles. The van der Waals surface area contributed by atoms with E-state index in [-0.39, 0.29) is 24.6 Å². The van der Waals surface area contributed by atoms with Crippen LogP contribution in [-0.4, -0.2) is 43.9 Å². The van der Waals surface area contributed by atoms with E-state index in [2.05, 4.69) is 19.1 Å². The predicted molar refractivity (Wildman–Crippen MR) is 97.9 cm³/mol. The van der Waals surface area contributed by atoms with Crippen LogP contribution >= 0.6 is 0 Å². The van der Waals surface area contributed by atoms with Gasteiger partial charge in [0.15, 0.2) is 6.29 Å². The second kappa shape index (κ2) is 13.4. The highest BCUT2D eigenvalue weighted by Crippen LogP contribution is 2.24. The number of aliphatic hydroxyl groups is 1. The fourth-order valence-electron chi connectivity index (χ4n) is 2.77. The molecule has 4 heteroatoms. The summed E-state index contributed by atoms with van der Waals surface area (Å²) >= 11 is 0. The van der Waals surface area contributed by atoms with E-state index >= 15 is 0 Å². The van der Waals surface area contributed by atoms with E-state index in [1.165, 1.54) is 19.3 Å². The van der Waals surface area contributed by atoms with Gasteiger partial charge in [-0.1, -0.05) is 56.2 Å². The third-order valence-electron chi connectivity index (χ3n) is 4.17. The summed E-state index contributed by atoms with van der Waals surface area (Å²) in [6.07, 6.45) is 18.4. The number of rotatable bonds is 11. The second-order valence-electron chi connectivity index (χ2n) is 6.25. The van der Waals surface area contributed by atoms with Crippen molar-refractivity contribution >= 4 is 0 Å². The quantitative estimate of drug-likeness (QED) is 0.454. The molecular formula is C20H34O4. The van der Waals surface area contributed by atoms with E-state index in [1.807, 2.05) is 24.3 Å². The van der Waals surface area contributed by atoms with Crippen molar-refractivity contribution in [1.82, 2.24) is 0 Å². The second-order valence-corrected chi connectivity index (χ2v) is 6.25. The summed E-state index contributed by atoms with van der Waals surface area (Å²) in [5.74, 6) is 0. The van der Waals surface area contributed by atoms with E-state index in [4.69, 9.17) is 14.2 Å². The minimum atomic E-state index is -0.368. The summed E-state index contributed by atoms with van der Waals surface area (Å²) in [5.41, 5.74) is 0. The van der Waals surface area contributed by atoms with Crippen LogP contribution in [0.25, 0.3) is 0 Å². The third-order valence-corrected chi connectivity index (χ3v) is 4.17. The summed E-state index contributed by atoms with van der Waals surface area (Å²) in [4.78, 5) is 0. The Balaban J connectivity index is 2.32. The van der Waals surface area contributed by atoms with E-state index < -0.39 is 0 Å². The average molecular weight is 338 g/mol. The molecule has 1 aliphatic rings. The van der Waals surface area contributed by atoms with Crippen LogP contribution in [0.1, 0.15) is 51.9 Å². The largest absolute Gasteiger partial charge is 0.393 e. The van der Waals surface area contributed by atoms with Crippen molar-refractivity contribution in [3.05, 3.63) is 36.5 Å². The molecule has 138 valence electrons. The topological polar surface area (TPSA) is 47.9 Å². The van der Waals surface area contributed by atoms with Crippen molar-refractivity contribution < 1.29 is 19.3 Å². The van der Waals surface area contributed by atoms with Gasteiger partial charge in [-0.05, 0) is 19.3 Å². The van der Waals surface area contributed by atoms with Crippen LogP contribution in [0.2, 0.25) is 0 Å². The molecule has 1 fully saturated rings. The maximum atomic E-state index is 9.88. The molecule has 0 radical (unpaired) electrons. The van der Waals surface area contributed by atoms with Crippen LogP contribution in [-0.2, 0) is 14.2 Å². The fourth-order valence-corrected chi connectivity index (χ4v) is 2.77. The lowest BCUT2D eigenvalue weighted by Crippen LogP contribution is -2.38. The standard InChI is InChI=1S/C20H34O4/c1-4-5-6-7-8-9-10-11-12-13-18(22-2)16-19-14-17(21)15-20(23-3)24-19/h8-13,17-21H,4-7,14-16H2,1-3H3/t17-,18?,19+,20-/m1/s1. The molecule has 24 heavy (non-hydrogen) atoms. The highest BCUT2D eigenvalue weighted by atomic mass is 16.7. The van der Waals surface area contributed by atoms with Gasteiger partial charge >= 0.3 is 0 Å². The molecule has 1 N–H and O–H groups in total. The Morgan fingerprint density at radius 3 is 2.62 bits per heavy atom. The van der Waals surface area contributed by atoms with Gasteiger partial charge in [0.1, 0.15) is 0 Å². The highest BCUT2D eigenvalue weighted by Gasteiger charge is 2.29. The van der Waals surface area contributed by atoms with E-state index in [0.29, 0.717) is 19.3 Å². The molecule has 1 rings (SSSR count). The Bertz CT molecular complexity index is 389. The molecule has 1 saturated heterocycles. The van der Waals surface area contributed by atoms with Crippen molar-refractivity contribution in [1.29, 1.82) is 0 Å². The summed E-state index contributed by atoms with van der Waals surface area (Å²) in [6, 6.07) is 0. The molecule has 1 heterocycles. The summed E-state index contributed by atoms with van der Waals surface area (Å²) in [6.45, 7) is 2.22. The van der Waals surface area contributed by atoms with Crippen LogP contribution in [0.4, 0.5) is 0 Å². The Morgan fingerprint density at radius 2 is 1.92 bits per heavy atom. The maximum Gasteiger partial charge on any atom is 0.160 e. The summed E-state index contributed by atoms with van der Waals surface area (Å²) < 4.78 is 16.5. The zero-order chi connectivity index (χ0) is 17.6. The Morgan fingerprint density at radius 1 is 1.12 bits per heavy atom. The Hall–Kier alpha value is -0.940. The van der Waals surface area contributed by atoms with Crippen molar-refractivity contribution in [2.24, 2.45) is 0 Å². The van der Waals surface area contributed by atoms with E-state index in [0.717, 1.165) is 6.42 Å².